The number of hydrogen-bond donors (Lipinski definition) is 2. The molecule has 2 N–H and O–H groups in total. The molecule has 3 amide bonds. The van der Waals surface area contributed by atoms with Crippen molar-refractivity contribution in [2.75, 3.05) is 19.7 Å². The summed E-state index contributed by atoms with van der Waals surface area (Å²) in [6.07, 6.45) is -6.34. The topological polar surface area (TPSA) is 131 Å². The predicted octanol–water partition coefficient (Wildman–Crippen LogP) is 1.72. The second-order valence-corrected chi connectivity index (χ2v) is 9.34. The number of halogens is 5. The summed E-state index contributed by atoms with van der Waals surface area (Å²) in [5.74, 6) is -4.64. The summed E-state index contributed by atoms with van der Waals surface area (Å²) < 4.78 is 71.2. The van der Waals surface area contributed by atoms with E-state index in [4.69, 9.17) is 0 Å². The normalized spacial score (nSPS) is 23.7. The monoisotopic (exact) mass is 522 g/mol. The summed E-state index contributed by atoms with van der Waals surface area (Å²) in [7, 11) is 0. The standard InChI is InChI=1S/C21H23F5N4O6/c22-16(23)15-6-12(29-36-15)19(34)30-9-20(2-3-20)7-13(30)18(33)28-11(5-10-1-4-27-17(10)32)14(31)8-35-21(24,25)26/h6,10-11,13,16H,1-5,7-9H2,(H,27,32)(H,28,33)/t10-,11?,13-/m0/s1. The van der Waals surface area contributed by atoms with E-state index < -0.39 is 72.4 Å². The lowest BCUT2D eigenvalue weighted by molar-refractivity contribution is -0.321. The zero-order chi connectivity index (χ0) is 26.3. The third-order valence-corrected chi connectivity index (χ3v) is 6.76. The first-order chi connectivity index (χ1) is 16.9. The number of hydrogen-bond acceptors (Lipinski definition) is 7. The number of alkyl halides is 5. The Labute approximate surface area is 200 Å². The Morgan fingerprint density at radius 1 is 1.31 bits per heavy atom. The molecular formula is C21H23F5N4O6. The second-order valence-electron chi connectivity index (χ2n) is 9.34. The molecule has 15 heteroatoms. The Bertz CT molecular complexity index is 1040. The summed E-state index contributed by atoms with van der Waals surface area (Å²) in [4.78, 5) is 51.8. The molecule has 1 aliphatic carbocycles. The molecule has 1 spiro atoms. The molecule has 3 aliphatic rings. The number of carbonyl (C=O) groups is 4. The van der Waals surface area contributed by atoms with Gasteiger partial charge in [0.15, 0.2) is 11.5 Å². The van der Waals surface area contributed by atoms with Crippen LogP contribution in [0.2, 0.25) is 0 Å². The second kappa shape index (κ2) is 9.75. The van der Waals surface area contributed by atoms with E-state index in [1.165, 1.54) is 0 Å². The van der Waals surface area contributed by atoms with Crippen molar-refractivity contribution in [2.24, 2.45) is 11.3 Å². The number of ketones is 1. The van der Waals surface area contributed by atoms with E-state index in [-0.39, 0.29) is 24.8 Å². The lowest BCUT2D eigenvalue weighted by Crippen LogP contribution is -2.52. The first-order valence-electron chi connectivity index (χ1n) is 11.2. The van der Waals surface area contributed by atoms with E-state index >= 15 is 0 Å². The summed E-state index contributed by atoms with van der Waals surface area (Å²) >= 11 is 0. The number of amides is 3. The molecule has 3 fully saturated rings. The highest BCUT2D eigenvalue weighted by Crippen LogP contribution is 2.55. The van der Waals surface area contributed by atoms with Gasteiger partial charge in [0.25, 0.3) is 12.3 Å². The molecule has 1 unspecified atom stereocenters. The van der Waals surface area contributed by atoms with Crippen LogP contribution in [0.4, 0.5) is 22.0 Å². The van der Waals surface area contributed by atoms with Crippen LogP contribution >= 0.6 is 0 Å². The average Bonchev–Trinajstić information content (AvgIpc) is 3.14. The highest BCUT2D eigenvalue weighted by Gasteiger charge is 2.56. The number of nitrogens with zero attached hydrogens (tertiary/aromatic N) is 2. The van der Waals surface area contributed by atoms with Crippen molar-refractivity contribution in [1.29, 1.82) is 0 Å². The fraction of sp³-hybridized carbons (Fsp3) is 0.667. The fourth-order valence-corrected chi connectivity index (χ4v) is 4.63. The Morgan fingerprint density at radius 2 is 2.03 bits per heavy atom. The van der Waals surface area contributed by atoms with Crippen LogP contribution in [0.15, 0.2) is 10.6 Å². The van der Waals surface area contributed by atoms with E-state index in [9.17, 15) is 41.1 Å². The summed E-state index contributed by atoms with van der Waals surface area (Å²) in [6.45, 7) is -0.903. The van der Waals surface area contributed by atoms with Crippen LogP contribution < -0.4 is 10.6 Å². The van der Waals surface area contributed by atoms with E-state index in [0.717, 1.165) is 11.0 Å². The number of nitrogens with one attached hydrogen (secondary N) is 2. The van der Waals surface area contributed by atoms with Gasteiger partial charge < -0.3 is 20.1 Å². The fourth-order valence-electron chi connectivity index (χ4n) is 4.63. The van der Waals surface area contributed by atoms with Gasteiger partial charge >= 0.3 is 6.36 Å². The third-order valence-electron chi connectivity index (χ3n) is 6.76. The van der Waals surface area contributed by atoms with E-state index in [0.29, 0.717) is 25.8 Å². The molecule has 3 heterocycles. The molecule has 2 aliphatic heterocycles. The molecule has 2 saturated heterocycles. The maximum atomic E-state index is 13.2. The van der Waals surface area contributed by atoms with Gasteiger partial charge in [-0.1, -0.05) is 5.16 Å². The molecule has 1 aromatic rings. The lowest BCUT2D eigenvalue weighted by atomic mass is 9.95. The van der Waals surface area contributed by atoms with Crippen molar-refractivity contribution >= 4 is 23.5 Å². The van der Waals surface area contributed by atoms with Crippen LogP contribution in [0.1, 0.15) is 54.8 Å². The van der Waals surface area contributed by atoms with Gasteiger partial charge in [-0.05, 0) is 37.5 Å². The molecule has 198 valence electrons. The van der Waals surface area contributed by atoms with Crippen molar-refractivity contribution in [3.05, 3.63) is 17.5 Å². The van der Waals surface area contributed by atoms with Gasteiger partial charge in [0.05, 0.1) is 6.04 Å². The number of ether oxygens (including phenoxy) is 1. The number of aromatic nitrogens is 1. The smallest absolute Gasteiger partial charge is 0.356 e. The minimum atomic E-state index is -5.07. The van der Waals surface area contributed by atoms with Gasteiger partial charge in [-0.3, -0.25) is 23.9 Å². The van der Waals surface area contributed by atoms with E-state index in [2.05, 4.69) is 25.1 Å². The molecule has 3 atom stereocenters. The maximum absolute atomic E-state index is 13.2. The SMILES string of the molecule is O=C(COC(F)(F)F)C(C[C@@H]1CCNC1=O)NC(=O)[C@@H]1CC2(CC2)CN1C(=O)c1cc(C(F)F)on1. The zero-order valence-electron chi connectivity index (χ0n) is 18.8. The van der Waals surface area contributed by atoms with Crippen LogP contribution in [0, 0.1) is 11.3 Å². The first-order valence-corrected chi connectivity index (χ1v) is 11.2. The van der Waals surface area contributed by atoms with Crippen LogP contribution in [-0.2, 0) is 19.1 Å². The van der Waals surface area contributed by atoms with Crippen LogP contribution in [0.3, 0.4) is 0 Å². The largest absolute Gasteiger partial charge is 0.522 e. The van der Waals surface area contributed by atoms with Crippen molar-refractivity contribution in [3.8, 4) is 0 Å². The maximum Gasteiger partial charge on any atom is 0.522 e. The minimum absolute atomic E-state index is 0.140. The zero-order valence-corrected chi connectivity index (χ0v) is 18.8. The third kappa shape index (κ3) is 5.82. The average molecular weight is 522 g/mol. The number of Topliss-reactive ketones (excluding diaryl/α,β-unsaturated/α-hetero) is 1. The van der Waals surface area contributed by atoms with Gasteiger partial charge in [0, 0.05) is 25.1 Å². The van der Waals surface area contributed by atoms with Crippen molar-refractivity contribution in [1.82, 2.24) is 20.7 Å². The minimum Gasteiger partial charge on any atom is -0.356 e. The Hall–Kier alpha value is -3.10. The molecule has 1 saturated carbocycles. The van der Waals surface area contributed by atoms with Crippen LogP contribution in [0.5, 0.6) is 0 Å². The predicted molar refractivity (Wildman–Crippen MR) is 107 cm³/mol. The highest BCUT2D eigenvalue weighted by molar-refractivity contribution is 5.98. The number of rotatable bonds is 9. The van der Waals surface area contributed by atoms with Crippen molar-refractivity contribution < 1.29 is 50.4 Å². The van der Waals surface area contributed by atoms with Gasteiger partial charge in [-0.2, -0.15) is 0 Å². The molecule has 0 bridgehead atoms. The Kier molecular flexibility index (Phi) is 7.03. The first kappa shape index (κ1) is 26.0. The molecule has 36 heavy (non-hydrogen) atoms. The van der Waals surface area contributed by atoms with Gasteiger partial charge in [-0.15, -0.1) is 13.2 Å². The summed E-state index contributed by atoms with van der Waals surface area (Å²) in [6, 6.07) is -1.82. The molecule has 0 radical (unpaired) electrons. The molecule has 4 rings (SSSR count). The van der Waals surface area contributed by atoms with E-state index in [1.54, 1.807) is 0 Å². The van der Waals surface area contributed by atoms with Crippen molar-refractivity contribution in [2.45, 2.75) is 57.0 Å². The van der Waals surface area contributed by atoms with Gasteiger partial charge in [0.2, 0.25) is 17.6 Å². The van der Waals surface area contributed by atoms with E-state index in [1.807, 2.05) is 0 Å². The number of carbonyl (C=O) groups excluding carboxylic acids is 4. The molecule has 0 aromatic carbocycles. The van der Waals surface area contributed by atoms with Gasteiger partial charge in [-0.25, -0.2) is 8.78 Å². The molecule has 10 nitrogen and oxygen atoms in total. The molecular weight excluding hydrogens is 499 g/mol. The van der Waals surface area contributed by atoms with Crippen LogP contribution in [-0.4, -0.2) is 71.7 Å². The quantitative estimate of drug-likeness (QED) is 0.473. The molecule has 1 aromatic heterocycles. The number of likely N-dealkylation sites (tertiary alicyclic amines) is 1. The van der Waals surface area contributed by atoms with Gasteiger partial charge in [0.1, 0.15) is 12.6 Å². The lowest BCUT2D eigenvalue weighted by Gasteiger charge is -2.26. The highest BCUT2D eigenvalue weighted by atomic mass is 19.4. The van der Waals surface area contributed by atoms with Crippen molar-refractivity contribution in [3.63, 3.8) is 0 Å². The Morgan fingerprint density at radius 3 is 2.58 bits per heavy atom. The summed E-state index contributed by atoms with van der Waals surface area (Å²) in [5, 5.41) is 8.30. The van der Waals surface area contributed by atoms with Crippen LogP contribution in [0.25, 0.3) is 0 Å². The Balaban J connectivity index is 1.50. The summed E-state index contributed by atoms with van der Waals surface area (Å²) in [5.41, 5.74) is -0.772.